The predicted molar refractivity (Wildman–Crippen MR) is 104 cm³/mol. The fourth-order valence-corrected chi connectivity index (χ4v) is 4.89. The minimum atomic E-state index is -3.27. The van der Waals surface area contributed by atoms with Gasteiger partial charge in [0.25, 0.3) is 0 Å². The number of nitrogens with one attached hydrogen (secondary N) is 2. The molecule has 9 heteroatoms. The van der Waals surface area contributed by atoms with E-state index in [2.05, 4.69) is 14.9 Å². The molecule has 8 nitrogen and oxygen atoms in total. The average Bonchev–Trinajstić information content (AvgIpc) is 3.40. The van der Waals surface area contributed by atoms with Crippen LogP contribution in [0.1, 0.15) is 25.5 Å². The minimum absolute atomic E-state index is 0.399. The number of likely N-dealkylation sites (tertiary alicyclic amines) is 1. The zero-order valence-corrected chi connectivity index (χ0v) is 16.7. The zero-order valence-electron chi connectivity index (χ0n) is 15.9. The molecular weight excluding hydrogens is 368 g/mol. The first-order valence-corrected chi connectivity index (χ1v) is 11.2. The van der Waals surface area contributed by atoms with Gasteiger partial charge in [0.05, 0.1) is 18.1 Å². The number of ether oxygens (including phenoxy) is 1. The van der Waals surface area contributed by atoms with Gasteiger partial charge in [0.1, 0.15) is 5.76 Å². The van der Waals surface area contributed by atoms with E-state index < -0.39 is 15.3 Å². The number of hydrogen-bond acceptors (Lipinski definition) is 5. The van der Waals surface area contributed by atoms with Crippen LogP contribution in [-0.2, 0) is 21.2 Å². The van der Waals surface area contributed by atoms with Crippen molar-refractivity contribution in [1.29, 1.82) is 0 Å². The normalized spacial score (nSPS) is 23.9. The van der Waals surface area contributed by atoms with Crippen molar-refractivity contribution in [2.24, 2.45) is 10.9 Å². The number of hydrogen-bond donors (Lipinski definition) is 2. The maximum absolute atomic E-state index is 12.3. The van der Waals surface area contributed by atoms with E-state index in [1.54, 1.807) is 13.2 Å². The fraction of sp³-hybridized carbons (Fsp3) is 0.722. The van der Waals surface area contributed by atoms with Crippen LogP contribution in [0.5, 0.6) is 0 Å². The number of sulfonamides is 1. The molecule has 0 bridgehead atoms. The SMILES string of the molecule is CCNS(=O)(=O)C1CCN(C(=NCC2CCOC2)NCCc2ccco2)C1. The molecule has 0 aromatic carbocycles. The molecule has 0 saturated carbocycles. The second-order valence-electron chi connectivity index (χ2n) is 7.05. The molecule has 2 fully saturated rings. The van der Waals surface area contributed by atoms with Gasteiger partial charge in [-0.25, -0.2) is 13.1 Å². The largest absolute Gasteiger partial charge is 0.469 e. The molecule has 2 unspecified atom stereocenters. The molecule has 152 valence electrons. The molecule has 1 aromatic rings. The van der Waals surface area contributed by atoms with Crippen molar-refractivity contribution >= 4 is 16.0 Å². The summed E-state index contributed by atoms with van der Waals surface area (Å²) in [5.74, 6) is 2.14. The second kappa shape index (κ2) is 9.57. The summed E-state index contributed by atoms with van der Waals surface area (Å²) in [5, 5.41) is 2.99. The van der Waals surface area contributed by atoms with E-state index in [1.807, 2.05) is 12.1 Å². The van der Waals surface area contributed by atoms with Crippen LogP contribution in [0.4, 0.5) is 0 Å². The number of guanidine groups is 1. The van der Waals surface area contributed by atoms with Crippen LogP contribution in [0, 0.1) is 5.92 Å². The van der Waals surface area contributed by atoms with Gasteiger partial charge in [0.15, 0.2) is 5.96 Å². The molecule has 0 radical (unpaired) electrons. The van der Waals surface area contributed by atoms with Crippen molar-refractivity contribution in [3.05, 3.63) is 24.2 Å². The Hall–Kier alpha value is -1.58. The summed E-state index contributed by atoms with van der Waals surface area (Å²) in [4.78, 5) is 6.83. The van der Waals surface area contributed by atoms with Gasteiger partial charge in [-0.1, -0.05) is 6.92 Å². The van der Waals surface area contributed by atoms with Crippen molar-refractivity contribution < 1.29 is 17.6 Å². The smallest absolute Gasteiger partial charge is 0.216 e. The molecule has 2 aliphatic heterocycles. The molecule has 3 heterocycles. The van der Waals surface area contributed by atoms with Crippen LogP contribution in [0.3, 0.4) is 0 Å². The quantitative estimate of drug-likeness (QED) is 0.497. The molecule has 2 aliphatic rings. The maximum Gasteiger partial charge on any atom is 0.216 e. The molecule has 3 rings (SSSR count). The van der Waals surface area contributed by atoms with E-state index in [0.717, 1.165) is 37.8 Å². The van der Waals surface area contributed by atoms with Crippen LogP contribution >= 0.6 is 0 Å². The van der Waals surface area contributed by atoms with E-state index >= 15 is 0 Å². The van der Waals surface area contributed by atoms with Crippen molar-refractivity contribution in [3.8, 4) is 0 Å². The van der Waals surface area contributed by atoms with Gasteiger partial charge in [-0.3, -0.25) is 4.99 Å². The first kappa shape index (κ1) is 20.2. The Morgan fingerprint density at radius 1 is 1.41 bits per heavy atom. The highest BCUT2D eigenvalue weighted by Crippen LogP contribution is 2.17. The van der Waals surface area contributed by atoms with Crippen LogP contribution in [-0.4, -0.2) is 70.5 Å². The third-order valence-corrected chi connectivity index (χ3v) is 6.94. The average molecular weight is 399 g/mol. The highest BCUT2D eigenvalue weighted by molar-refractivity contribution is 7.90. The Morgan fingerprint density at radius 2 is 2.30 bits per heavy atom. The van der Waals surface area contributed by atoms with Crippen molar-refractivity contribution in [2.75, 3.05) is 45.9 Å². The molecular formula is C18H30N4O4S. The highest BCUT2D eigenvalue weighted by atomic mass is 32.2. The summed E-state index contributed by atoms with van der Waals surface area (Å²) in [7, 11) is -3.27. The lowest BCUT2D eigenvalue weighted by molar-refractivity contribution is 0.187. The predicted octanol–water partition coefficient (Wildman–Crippen LogP) is 0.818. The fourth-order valence-electron chi connectivity index (χ4n) is 3.46. The van der Waals surface area contributed by atoms with Crippen molar-refractivity contribution in [2.45, 2.75) is 31.4 Å². The summed E-state index contributed by atoms with van der Waals surface area (Å²) in [6, 6.07) is 3.82. The number of aliphatic imine (C=N–C) groups is 1. The van der Waals surface area contributed by atoms with Gasteiger partial charge in [0.2, 0.25) is 10.0 Å². The van der Waals surface area contributed by atoms with Crippen LogP contribution in [0.2, 0.25) is 0 Å². The lowest BCUT2D eigenvalue weighted by atomic mass is 10.1. The molecule has 2 saturated heterocycles. The van der Waals surface area contributed by atoms with E-state index in [9.17, 15) is 8.42 Å². The Labute approximate surface area is 161 Å². The summed E-state index contributed by atoms with van der Waals surface area (Å²) >= 11 is 0. The molecule has 2 atom stereocenters. The third kappa shape index (κ3) is 5.70. The Morgan fingerprint density at radius 3 is 3.00 bits per heavy atom. The van der Waals surface area contributed by atoms with Gasteiger partial charge in [-0.2, -0.15) is 0 Å². The Kier molecular flexibility index (Phi) is 7.14. The molecule has 1 aromatic heterocycles. The van der Waals surface area contributed by atoms with Gasteiger partial charge < -0.3 is 19.4 Å². The number of rotatable bonds is 8. The molecule has 27 heavy (non-hydrogen) atoms. The number of nitrogens with zero attached hydrogens (tertiary/aromatic N) is 2. The summed E-state index contributed by atoms with van der Waals surface area (Å²) in [5.41, 5.74) is 0. The molecule has 2 N–H and O–H groups in total. The van der Waals surface area contributed by atoms with Gasteiger partial charge in [-0.05, 0) is 25.0 Å². The standard InChI is InChI=1S/C18H30N4O4S/c1-2-21-27(23,24)17-6-9-22(13-17)18(20-12-15-7-11-25-14-15)19-8-5-16-4-3-10-26-16/h3-4,10,15,17,21H,2,5-9,11-14H2,1H3,(H,19,20). The number of furan rings is 1. The van der Waals surface area contributed by atoms with E-state index in [-0.39, 0.29) is 0 Å². The minimum Gasteiger partial charge on any atom is -0.469 e. The molecule has 0 spiro atoms. The maximum atomic E-state index is 12.3. The monoisotopic (exact) mass is 398 g/mol. The third-order valence-electron chi connectivity index (χ3n) is 4.99. The van der Waals surface area contributed by atoms with Gasteiger partial charge in [-0.15, -0.1) is 0 Å². The van der Waals surface area contributed by atoms with Gasteiger partial charge >= 0.3 is 0 Å². The molecule has 0 aliphatic carbocycles. The Balaban J connectivity index is 1.60. The van der Waals surface area contributed by atoms with Crippen molar-refractivity contribution in [1.82, 2.24) is 14.9 Å². The molecule has 0 amide bonds. The topological polar surface area (TPSA) is 96.2 Å². The van der Waals surface area contributed by atoms with E-state index in [0.29, 0.717) is 45.1 Å². The van der Waals surface area contributed by atoms with E-state index in [1.165, 1.54) is 0 Å². The summed E-state index contributed by atoms with van der Waals surface area (Å²) in [6.07, 6.45) is 4.06. The van der Waals surface area contributed by atoms with E-state index in [4.69, 9.17) is 14.1 Å². The Bertz CT molecular complexity index is 699. The highest BCUT2D eigenvalue weighted by Gasteiger charge is 2.34. The van der Waals surface area contributed by atoms with Gasteiger partial charge in [0, 0.05) is 51.7 Å². The lowest BCUT2D eigenvalue weighted by Crippen LogP contribution is -2.43. The first-order valence-electron chi connectivity index (χ1n) is 9.70. The lowest BCUT2D eigenvalue weighted by Gasteiger charge is -2.22. The second-order valence-corrected chi connectivity index (χ2v) is 9.10. The summed E-state index contributed by atoms with van der Waals surface area (Å²) < 4.78 is 38.0. The first-order chi connectivity index (χ1) is 13.1. The summed E-state index contributed by atoms with van der Waals surface area (Å²) in [6.45, 7) is 6.31. The van der Waals surface area contributed by atoms with Crippen LogP contribution in [0.25, 0.3) is 0 Å². The van der Waals surface area contributed by atoms with Crippen LogP contribution in [0.15, 0.2) is 27.8 Å². The zero-order chi connectivity index (χ0) is 19.1. The van der Waals surface area contributed by atoms with Crippen molar-refractivity contribution in [3.63, 3.8) is 0 Å². The van der Waals surface area contributed by atoms with Crippen LogP contribution < -0.4 is 10.0 Å².